The summed E-state index contributed by atoms with van der Waals surface area (Å²) in [4.78, 5) is 12.8. The van der Waals surface area contributed by atoms with Crippen molar-refractivity contribution in [2.45, 2.75) is 29.8 Å². The minimum absolute atomic E-state index is 0.475. The van der Waals surface area contributed by atoms with E-state index in [2.05, 4.69) is 21.9 Å². The molecule has 0 amide bonds. The van der Waals surface area contributed by atoms with Gasteiger partial charge >= 0.3 is 0 Å². The maximum atomic E-state index is 6.06. The fraction of sp³-hybridized carbons (Fsp3) is 0.250. The van der Waals surface area contributed by atoms with Crippen molar-refractivity contribution in [3.05, 3.63) is 35.2 Å². The molecule has 0 saturated carbocycles. The van der Waals surface area contributed by atoms with E-state index in [0.29, 0.717) is 10.8 Å². The third kappa shape index (κ3) is 3.34. The fourth-order valence-corrected chi connectivity index (χ4v) is 2.47. The lowest BCUT2D eigenvalue weighted by Crippen LogP contribution is -2.00. The summed E-state index contributed by atoms with van der Waals surface area (Å²) in [5, 5.41) is 2.10. The second kappa shape index (κ2) is 6.02. The first-order valence-corrected chi connectivity index (χ1v) is 6.80. The monoisotopic (exact) mass is 280 g/mol. The van der Waals surface area contributed by atoms with E-state index in [1.807, 2.05) is 0 Å². The zero-order valence-electron chi connectivity index (χ0n) is 9.93. The highest BCUT2D eigenvalue weighted by Gasteiger charge is 2.07. The maximum absolute atomic E-state index is 6.06. The van der Waals surface area contributed by atoms with Gasteiger partial charge in [-0.25, -0.2) is 15.0 Å². The molecule has 0 bridgehead atoms. The van der Waals surface area contributed by atoms with E-state index < -0.39 is 0 Å². The molecule has 0 spiro atoms. The molecule has 2 aromatic rings. The Morgan fingerprint density at radius 2 is 2.22 bits per heavy atom. The molecule has 4 nitrogen and oxygen atoms in total. The van der Waals surface area contributed by atoms with Crippen LogP contribution in [0.5, 0.6) is 0 Å². The highest BCUT2D eigenvalue weighted by molar-refractivity contribution is 7.99. The van der Waals surface area contributed by atoms with E-state index in [1.165, 1.54) is 11.8 Å². The van der Waals surface area contributed by atoms with Gasteiger partial charge in [0.25, 0.3) is 0 Å². The van der Waals surface area contributed by atoms with Crippen LogP contribution in [0.15, 0.2) is 34.4 Å². The van der Waals surface area contributed by atoms with E-state index >= 15 is 0 Å². The molecule has 2 N–H and O–H groups in total. The minimum atomic E-state index is 0.475. The number of nitrogens with zero attached hydrogens (tertiary/aromatic N) is 3. The zero-order valence-corrected chi connectivity index (χ0v) is 11.5. The molecule has 2 aromatic heterocycles. The molecule has 0 unspecified atom stereocenters. The van der Waals surface area contributed by atoms with Crippen LogP contribution in [0.3, 0.4) is 0 Å². The van der Waals surface area contributed by atoms with E-state index in [0.717, 1.165) is 28.7 Å². The van der Waals surface area contributed by atoms with Gasteiger partial charge in [0.05, 0.1) is 5.02 Å². The van der Waals surface area contributed by atoms with Gasteiger partial charge in [-0.2, -0.15) is 0 Å². The Bertz CT molecular complexity index is 547. The Balaban J connectivity index is 2.26. The molecule has 0 aliphatic carbocycles. The first kappa shape index (κ1) is 13.1. The van der Waals surface area contributed by atoms with Gasteiger partial charge in [0.2, 0.25) is 0 Å². The number of hydrogen-bond acceptors (Lipinski definition) is 5. The highest BCUT2D eigenvalue weighted by Crippen LogP contribution is 2.30. The number of halogens is 1. The van der Waals surface area contributed by atoms with Gasteiger partial charge in [0.1, 0.15) is 21.7 Å². The quantitative estimate of drug-likeness (QED) is 0.871. The molecule has 0 aromatic carbocycles. The second-order valence-electron chi connectivity index (χ2n) is 3.69. The van der Waals surface area contributed by atoms with Gasteiger partial charge in [-0.05, 0) is 30.3 Å². The third-order valence-electron chi connectivity index (χ3n) is 2.17. The first-order chi connectivity index (χ1) is 8.69. The lowest BCUT2D eigenvalue weighted by molar-refractivity contribution is 0.813. The van der Waals surface area contributed by atoms with Crippen LogP contribution in [0, 0.1) is 0 Å². The molecule has 2 heterocycles. The number of aromatic nitrogens is 3. The Kier molecular flexibility index (Phi) is 4.38. The van der Waals surface area contributed by atoms with Gasteiger partial charge in [-0.1, -0.05) is 18.5 Å². The molecule has 0 saturated heterocycles. The van der Waals surface area contributed by atoms with Gasteiger partial charge in [0, 0.05) is 18.7 Å². The smallest absolute Gasteiger partial charge is 0.132 e. The van der Waals surface area contributed by atoms with E-state index in [-0.39, 0.29) is 0 Å². The summed E-state index contributed by atoms with van der Waals surface area (Å²) in [5.41, 5.74) is 5.76. The standard InChI is InChI=1S/C12H13ClN4S/c1-2-4-10-16-9(14)7-11(17-10)18-12-8(13)5-3-6-15-12/h3,5-7H,2,4H2,1H3,(H2,14,16,17). The van der Waals surface area contributed by atoms with E-state index in [9.17, 15) is 0 Å². The SMILES string of the molecule is CCCc1nc(N)cc(Sc2ncccc2Cl)n1. The number of aryl methyl sites for hydroxylation is 1. The average molecular weight is 281 g/mol. The molecule has 0 atom stereocenters. The molecule has 2 rings (SSSR count). The molecule has 0 radical (unpaired) electrons. The van der Waals surface area contributed by atoms with Crippen molar-refractivity contribution < 1.29 is 0 Å². The number of nitrogen functional groups attached to an aromatic ring is 1. The molecule has 0 aliphatic heterocycles. The van der Waals surface area contributed by atoms with Crippen LogP contribution >= 0.6 is 23.4 Å². The van der Waals surface area contributed by atoms with Crippen LogP contribution in [0.4, 0.5) is 5.82 Å². The normalized spacial score (nSPS) is 10.6. The average Bonchev–Trinajstić information content (AvgIpc) is 2.32. The third-order valence-corrected chi connectivity index (χ3v) is 3.52. The zero-order chi connectivity index (χ0) is 13.0. The van der Waals surface area contributed by atoms with Crippen molar-refractivity contribution in [3.8, 4) is 0 Å². The molecule has 0 aliphatic rings. The van der Waals surface area contributed by atoms with Crippen LogP contribution in [0.2, 0.25) is 5.02 Å². The molecular weight excluding hydrogens is 268 g/mol. The summed E-state index contributed by atoms with van der Waals surface area (Å²) in [6.45, 7) is 2.08. The molecule has 0 fully saturated rings. The van der Waals surface area contributed by atoms with Crippen molar-refractivity contribution in [2.24, 2.45) is 0 Å². The van der Waals surface area contributed by atoms with Crippen molar-refractivity contribution >= 4 is 29.2 Å². The summed E-state index contributed by atoms with van der Waals surface area (Å²) in [7, 11) is 0. The van der Waals surface area contributed by atoms with Gasteiger partial charge < -0.3 is 5.73 Å². The van der Waals surface area contributed by atoms with Gasteiger partial charge in [-0.15, -0.1) is 0 Å². The largest absolute Gasteiger partial charge is 0.384 e. The molecule has 6 heteroatoms. The lowest BCUT2D eigenvalue weighted by Gasteiger charge is -2.05. The molecule has 94 valence electrons. The van der Waals surface area contributed by atoms with Crippen molar-refractivity contribution in [1.82, 2.24) is 15.0 Å². The van der Waals surface area contributed by atoms with Crippen molar-refractivity contribution in [2.75, 3.05) is 5.73 Å². The number of pyridine rings is 1. The van der Waals surface area contributed by atoms with E-state index in [4.69, 9.17) is 17.3 Å². The van der Waals surface area contributed by atoms with E-state index in [1.54, 1.807) is 24.4 Å². The fourth-order valence-electron chi connectivity index (χ4n) is 1.43. The highest BCUT2D eigenvalue weighted by atomic mass is 35.5. The molecule has 18 heavy (non-hydrogen) atoms. The number of hydrogen-bond donors (Lipinski definition) is 1. The number of rotatable bonds is 4. The van der Waals surface area contributed by atoms with Crippen LogP contribution in [0.1, 0.15) is 19.2 Å². The van der Waals surface area contributed by atoms with Gasteiger partial charge in [-0.3, -0.25) is 0 Å². The predicted molar refractivity (Wildman–Crippen MR) is 73.8 cm³/mol. The summed E-state index contributed by atoms with van der Waals surface area (Å²) >= 11 is 7.45. The Hall–Kier alpha value is -1.33. The topological polar surface area (TPSA) is 64.7 Å². The summed E-state index contributed by atoms with van der Waals surface area (Å²) in [5.74, 6) is 1.23. The van der Waals surface area contributed by atoms with Crippen LogP contribution < -0.4 is 5.73 Å². The Labute approximate surface area is 115 Å². The Morgan fingerprint density at radius 3 is 2.94 bits per heavy atom. The summed E-state index contributed by atoms with van der Waals surface area (Å²) < 4.78 is 0. The minimum Gasteiger partial charge on any atom is -0.384 e. The lowest BCUT2D eigenvalue weighted by atomic mass is 10.3. The second-order valence-corrected chi connectivity index (χ2v) is 5.11. The molecular formula is C12H13ClN4S. The van der Waals surface area contributed by atoms with Gasteiger partial charge in [0.15, 0.2) is 0 Å². The number of anilines is 1. The van der Waals surface area contributed by atoms with Crippen molar-refractivity contribution in [3.63, 3.8) is 0 Å². The number of nitrogens with two attached hydrogens (primary N) is 1. The van der Waals surface area contributed by atoms with Crippen LogP contribution in [0.25, 0.3) is 0 Å². The Morgan fingerprint density at radius 1 is 1.39 bits per heavy atom. The van der Waals surface area contributed by atoms with Crippen LogP contribution in [-0.4, -0.2) is 15.0 Å². The summed E-state index contributed by atoms with van der Waals surface area (Å²) in [6.07, 6.45) is 3.50. The predicted octanol–water partition coefficient (Wildman–Crippen LogP) is 3.21. The maximum Gasteiger partial charge on any atom is 0.132 e. The summed E-state index contributed by atoms with van der Waals surface area (Å²) in [6, 6.07) is 5.33. The first-order valence-electron chi connectivity index (χ1n) is 5.61. The van der Waals surface area contributed by atoms with Crippen molar-refractivity contribution in [1.29, 1.82) is 0 Å². The van der Waals surface area contributed by atoms with Crippen LogP contribution in [-0.2, 0) is 6.42 Å².